The van der Waals surface area contributed by atoms with Crippen LogP contribution in [0.15, 0.2) is 36.7 Å². The molecule has 0 amide bonds. The number of para-hydroxylation sites is 1. The van der Waals surface area contributed by atoms with Crippen molar-refractivity contribution in [2.75, 3.05) is 37.7 Å². The van der Waals surface area contributed by atoms with Crippen LogP contribution in [0.2, 0.25) is 0 Å². The molecule has 0 spiro atoms. The number of rotatable bonds is 4. The highest BCUT2D eigenvalue weighted by Crippen LogP contribution is 2.27. The summed E-state index contributed by atoms with van der Waals surface area (Å²) < 4.78 is 5.95. The molecule has 0 bridgehead atoms. The van der Waals surface area contributed by atoms with Crippen molar-refractivity contribution >= 4 is 5.69 Å². The molecule has 1 aromatic heterocycles. The van der Waals surface area contributed by atoms with Crippen LogP contribution >= 0.6 is 0 Å². The van der Waals surface area contributed by atoms with Gasteiger partial charge < -0.3 is 9.64 Å². The Hall–Kier alpha value is -1.98. The first-order chi connectivity index (χ1) is 12.3. The van der Waals surface area contributed by atoms with Crippen molar-refractivity contribution < 1.29 is 4.74 Å². The molecule has 0 saturated carbocycles. The topological polar surface area (TPSA) is 41.5 Å². The number of aromatic nitrogens is 2. The Kier molecular flexibility index (Phi) is 4.95. The number of hydrogen-bond acceptors (Lipinski definition) is 5. The van der Waals surface area contributed by atoms with Crippen LogP contribution in [0.1, 0.15) is 35.9 Å². The number of nitrogens with zero attached hydrogens (tertiary/aromatic N) is 4. The molecule has 25 heavy (non-hydrogen) atoms. The second-order valence-corrected chi connectivity index (χ2v) is 7.00. The van der Waals surface area contributed by atoms with Crippen LogP contribution in [0, 0.1) is 6.92 Å². The van der Waals surface area contributed by atoms with Crippen molar-refractivity contribution in [1.29, 1.82) is 0 Å². The van der Waals surface area contributed by atoms with E-state index in [1.807, 2.05) is 19.3 Å². The van der Waals surface area contributed by atoms with Crippen molar-refractivity contribution in [2.45, 2.75) is 32.4 Å². The normalized spacial score (nSPS) is 21.6. The van der Waals surface area contributed by atoms with Gasteiger partial charge in [0.1, 0.15) is 6.10 Å². The zero-order chi connectivity index (χ0) is 17.1. The standard InChI is InChI=1S/C20H26N4O/c1-16-12-22-18(13-21-16)20-15-23(10-11-25-20)14-17-6-2-3-7-19(17)24-8-4-5-9-24/h2-3,6-7,12-13,20H,4-5,8-11,14-15H2,1H3. The molecule has 3 heterocycles. The highest BCUT2D eigenvalue weighted by Gasteiger charge is 2.24. The molecule has 2 aromatic rings. The van der Waals surface area contributed by atoms with E-state index in [1.165, 1.54) is 37.2 Å². The van der Waals surface area contributed by atoms with Crippen LogP contribution < -0.4 is 4.90 Å². The van der Waals surface area contributed by atoms with Gasteiger partial charge in [-0.15, -0.1) is 0 Å². The molecule has 1 unspecified atom stereocenters. The summed E-state index contributed by atoms with van der Waals surface area (Å²) in [4.78, 5) is 13.9. The number of morpholine rings is 1. The van der Waals surface area contributed by atoms with Crippen molar-refractivity contribution in [3.63, 3.8) is 0 Å². The second kappa shape index (κ2) is 7.50. The van der Waals surface area contributed by atoms with E-state index >= 15 is 0 Å². The van der Waals surface area contributed by atoms with E-state index in [0.29, 0.717) is 0 Å². The van der Waals surface area contributed by atoms with Gasteiger partial charge in [-0.2, -0.15) is 0 Å². The Bertz CT molecular complexity index is 697. The first-order valence-corrected chi connectivity index (χ1v) is 9.25. The molecule has 1 aromatic carbocycles. The monoisotopic (exact) mass is 338 g/mol. The van der Waals surface area contributed by atoms with Crippen LogP contribution in [-0.2, 0) is 11.3 Å². The molecule has 0 radical (unpaired) electrons. The molecule has 0 aliphatic carbocycles. The number of aryl methyl sites for hydroxylation is 1. The van der Waals surface area contributed by atoms with Crippen LogP contribution in [0.25, 0.3) is 0 Å². The van der Waals surface area contributed by atoms with Gasteiger partial charge >= 0.3 is 0 Å². The van der Waals surface area contributed by atoms with Gasteiger partial charge in [0.15, 0.2) is 0 Å². The van der Waals surface area contributed by atoms with Crippen LogP contribution in [0.4, 0.5) is 5.69 Å². The maximum absolute atomic E-state index is 5.95. The molecule has 2 fully saturated rings. The average molecular weight is 338 g/mol. The van der Waals surface area contributed by atoms with Crippen molar-refractivity contribution in [2.24, 2.45) is 0 Å². The van der Waals surface area contributed by atoms with E-state index in [0.717, 1.165) is 37.6 Å². The lowest BCUT2D eigenvalue weighted by molar-refractivity contribution is -0.0351. The van der Waals surface area contributed by atoms with Gasteiger partial charge in [0.25, 0.3) is 0 Å². The Morgan fingerprint density at radius 2 is 1.92 bits per heavy atom. The number of hydrogen-bond donors (Lipinski definition) is 0. The second-order valence-electron chi connectivity index (χ2n) is 7.00. The van der Waals surface area contributed by atoms with E-state index < -0.39 is 0 Å². The van der Waals surface area contributed by atoms with Gasteiger partial charge in [0.2, 0.25) is 0 Å². The first kappa shape index (κ1) is 16.5. The Labute approximate surface area is 149 Å². The fourth-order valence-corrected chi connectivity index (χ4v) is 3.75. The summed E-state index contributed by atoms with van der Waals surface area (Å²) in [5.74, 6) is 0. The molecule has 132 valence electrons. The van der Waals surface area contributed by atoms with Gasteiger partial charge in [-0.05, 0) is 31.4 Å². The zero-order valence-corrected chi connectivity index (χ0v) is 14.9. The Balaban J connectivity index is 1.46. The number of benzene rings is 1. The lowest BCUT2D eigenvalue weighted by Gasteiger charge is -2.33. The summed E-state index contributed by atoms with van der Waals surface area (Å²) >= 11 is 0. The van der Waals surface area contributed by atoms with E-state index in [1.54, 1.807) is 0 Å². The minimum atomic E-state index is 0.0146. The van der Waals surface area contributed by atoms with Crippen LogP contribution in [0.5, 0.6) is 0 Å². The van der Waals surface area contributed by atoms with Gasteiger partial charge in [-0.3, -0.25) is 14.9 Å². The van der Waals surface area contributed by atoms with E-state index in [-0.39, 0.29) is 6.10 Å². The zero-order valence-electron chi connectivity index (χ0n) is 14.9. The molecule has 0 N–H and O–H groups in total. The number of ether oxygens (including phenoxy) is 1. The number of anilines is 1. The SMILES string of the molecule is Cc1cnc(C2CN(Cc3ccccc3N3CCCC3)CCO2)cn1. The minimum Gasteiger partial charge on any atom is -0.371 e. The van der Waals surface area contributed by atoms with Gasteiger partial charge in [-0.25, -0.2) is 0 Å². The molecule has 2 saturated heterocycles. The van der Waals surface area contributed by atoms with E-state index in [4.69, 9.17) is 4.74 Å². The van der Waals surface area contributed by atoms with E-state index in [9.17, 15) is 0 Å². The highest BCUT2D eigenvalue weighted by molar-refractivity contribution is 5.54. The van der Waals surface area contributed by atoms with Gasteiger partial charge in [0.05, 0.1) is 24.2 Å². The molecule has 2 aliphatic heterocycles. The smallest absolute Gasteiger partial charge is 0.114 e. The molecular weight excluding hydrogens is 312 g/mol. The van der Waals surface area contributed by atoms with Crippen molar-refractivity contribution in [3.05, 3.63) is 53.6 Å². The Morgan fingerprint density at radius 1 is 1.08 bits per heavy atom. The third-order valence-electron chi connectivity index (χ3n) is 5.11. The fraction of sp³-hybridized carbons (Fsp3) is 0.500. The van der Waals surface area contributed by atoms with Crippen molar-refractivity contribution in [1.82, 2.24) is 14.9 Å². The highest BCUT2D eigenvalue weighted by atomic mass is 16.5. The minimum absolute atomic E-state index is 0.0146. The molecule has 5 nitrogen and oxygen atoms in total. The van der Waals surface area contributed by atoms with E-state index in [2.05, 4.69) is 44.0 Å². The van der Waals surface area contributed by atoms with Gasteiger partial charge in [0, 0.05) is 44.6 Å². The summed E-state index contributed by atoms with van der Waals surface area (Å²) in [6, 6.07) is 8.84. The molecule has 5 heteroatoms. The third kappa shape index (κ3) is 3.83. The fourth-order valence-electron chi connectivity index (χ4n) is 3.75. The maximum Gasteiger partial charge on any atom is 0.114 e. The summed E-state index contributed by atoms with van der Waals surface area (Å²) in [5.41, 5.74) is 4.69. The Morgan fingerprint density at radius 3 is 2.72 bits per heavy atom. The lowest BCUT2D eigenvalue weighted by Crippen LogP contribution is -2.38. The quantitative estimate of drug-likeness (QED) is 0.857. The van der Waals surface area contributed by atoms with Crippen LogP contribution in [0.3, 0.4) is 0 Å². The summed E-state index contributed by atoms with van der Waals surface area (Å²) in [6.07, 6.45) is 6.29. The van der Waals surface area contributed by atoms with Crippen LogP contribution in [-0.4, -0.2) is 47.7 Å². The lowest BCUT2D eigenvalue weighted by atomic mass is 10.1. The van der Waals surface area contributed by atoms with Gasteiger partial charge in [-0.1, -0.05) is 18.2 Å². The molecular formula is C20H26N4O. The predicted molar refractivity (Wildman–Crippen MR) is 98.6 cm³/mol. The summed E-state index contributed by atoms with van der Waals surface area (Å²) in [7, 11) is 0. The average Bonchev–Trinajstić information content (AvgIpc) is 3.18. The summed E-state index contributed by atoms with van der Waals surface area (Å²) in [6.45, 7) is 7.86. The molecule has 1 atom stereocenters. The molecule has 4 rings (SSSR count). The maximum atomic E-state index is 5.95. The third-order valence-corrected chi connectivity index (χ3v) is 5.11. The largest absolute Gasteiger partial charge is 0.371 e. The first-order valence-electron chi connectivity index (χ1n) is 9.25. The van der Waals surface area contributed by atoms with Crippen molar-refractivity contribution in [3.8, 4) is 0 Å². The predicted octanol–water partition coefficient (Wildman–Crippen LogP) is 2.96. The summed E-state index contributed by atoms with van der Waals surface area (Å²) in [5, 5.41) is 0. The molecule has 2 aliphatic rings.